The number of hydrogen-bond donors (Lipinski definition) is 0. The largest absolute Gasteiger partial charge is 0.285 e. The molecule has 4 rings (SSSR count). The fourth-order valence-corrected chi connectivity index (χ4v) is 3.95. The maximum absolute atomic E-state index is 12.3. The van der Waals surface area contributed by atoms with Crippen molar-refractivity contribution in [2.45, 2.75) is 5.88 Å². The average Bonchev–Trinajstić information content (AvgIpc) is 2.79. The van der Waals surface area contributed by atoms with E-state index in [9.17, 15) is 10.1 Å². The first-order chi connectivity index (χ1) is 14.2. The summed E-state index contributed by atoms with van der Waals surface area (Å²) < 4.78 is 0. The van der Waals surface area contributed by atoms with Gasteiger partial charge in [-0.05, 0) is 33.9 Å². The van der Waals surface area contributed by atoms with Crippen LogP contribution in [0.1, 0.15) is 5.56 Å². The van der Waals surface area contributed by atoms with Gasteiger partial charge in [-0.3, -0.25) is 10.1 Å². The first kappa shape index (κ1) is 18.9. The zero-order chi connectivity index (χ0) is 20.2. The van der Waals surface area contributed by atoms with E-state index in [2.05, 4.69) is 0 Å². The molecule has 0 radical (unpaired) electrons. The van der Waals surface area contributed by atoms with Gasteiger partial charge in [0.1, 0.15) is 0 Å². The molecule has 0 N–H and O–H groups in total. The van der Waals surface area contributed by atoms with Crippen LogP contribution in [0.5, 0.6) is 0 Å². The summed E-state index contributed by atoms with van der Waals surface area (Å²) in [4.78, 5) is 12.0. The Morgan fingerprint density at radius 3 is 1.59 bits per heavy atom. The number of nitrogens with zero attached hydrogens (tertiary/aromatic N) is 1. The van der Waals surface area contributed by atoms with Crippen LogP contribution in [0.3, 0.4) is 0 Å². The lowest BCUT2D eigenvalue weighted by Crippen LogP contribution is -2.02. The monoisotopic (exact) mass is 399 g/mol. The number of nitro groups is 1. The fraction of sp³-hybridized carbons (Fsp3) is 0.0400. The van der Waals surface area contributed by atoms with E-state index < -0.39 is 0 Å². The van der Waals surface area contributed by atoms with Crippen molar-refractivity contribution in [1.29, 1.82) is 0 Å². The third-order valence-electron chi connectivity index (χ3n) is 4.96. The molecule has 0 saturated carbocycles. The summed E-state index contributed by atoms with van der Waals surface area (Å²) in [7, 11) is 0. The van der Waals surface area contributed by atoms with Crippen LogP contribution in [0, 0.1) is 10.1 Å². The third kappa shape index (κ3) is 3.65. The van der Waals surface area contributed by atoms with Crippen LogP contribution < -0.4 is 0 Å². The van der Waals surface area contributed by atoms with E-state index in [1.54, 1.807) is 0 Å². The highest BCUT2D eigenvalue weighted by molar-refractivity contribution is 6.18. The van der Waals surface area contributed by atoms with E-state index in [-0.39, 0.29) is 16.5 Å². The highest BCUT2D eigenvalue weighted by Gasteiger charge is 2.28. The number of alkyl halides is 1. The average molecular weight is 400 g/mol. The molecule has 29 heavy (non-hydrogen) atoms. The van der Waals surface area contributed by atoms with Gasteiger partial charge in [0.15, 0.2) is 0 Å². The molecule has 4 aromatic rings. The van der Waals surface area contributed by atoms with Gasteiger partial charge in [-0.1, -0.05) is 91.0 Å². The summed E-state index contributed by atoms with van der Waals surface area (Å²) in [5, 5.41) is 12.3. The molecule has 0 spiro atoms. The third-order valence-corrected chi connectivity index (χ3v) is 5.22. The minimum absolute atomic E-state index is 0.0812. The second-order valence-corrected chi connectivity index (χ2v) is 6.93. The molecule has 0 heterocycles. The maximum Gasteiger partial charge on any atom is 0.285 e. The molecular formula is C25H18ClNO2. The molecular weight excluding hydrogens is 382 g/mol. The predicted molar refractivity (Wildman–Crippen MR) is 119 cm³/mol. The highest BCUT2D eigenvalue weighted by Crippen LogP contribution is 2.46. The van der Waals surface area contributed by atoms with E-state index in [1.165, 1.54) is 0 Å². The van der Waals surface area contributed by atoms with Gasteiger partial charge < -0.3 is 0 Å². The molecule has 0 fully saturated rings. The normalized spacial score (nSPS) is 10.7. The van der Waals surface area contributed by atoms with Crippen molar-refractivity contribution in [1.82, 2.24) is 0 Å². The summed E-state index contributed by atoms with van der Waals surface area (Å²) >= 11 is 6.39. The Hall–Kier alpha value is -3.43. The van der Waals surface area contributed by atoms with E-state index in [0.717, 1.165) is 27.8 Å². The summed E-state index contributed by atoms with van der Waals surface area (Å²) in [6.45, 7) is 0. The van der Waals surface area contributed by atoms with Crippen molar-refractivity contribution in [2.24, 2.45) is 0 Å². The quantitative estimate of drug-likeness (QED) is 0.200. The summed E-state index contributed by atoms with van der Waals surface area (Å²) in [6, 6.07) is 30.7. The van der Waals surface area contributed by atoms with Gasteiger partial charge in [0.2, 0.25) is 0 Å². The van der Waals surface area contributed by atoms with Crippen LogP contribution >= 0.6 is 11.6 Å². The van der Waals surface area contributed by atoms with Crippen LogP contribution in [-0.2, 0) is 5.88 Å². The number of nitro benzene ring substituents is 1. The van der Waals surface area contributed by atoms with Gasteiger partial charge in [0.05, 0.1) is 16.1 Å². The maximum atomic E-state index is 12.3. The molecule has 3 nitrogen and oxygen atoms in total. The molecule has 0 atom stereocenters. The van der Waals surface area contributed by atoms with Crippen molar-refractivity contribution in [3.8, 4) is 33.4 Å². The molecule has 0 amide bonds. The predicted octanol–water partition coefficient (Wildman–Crippen LogP) is 7.33. The molecule has 4 heteroatoms. The topological polar surface area (TPSA) is 43.1 Å². The van der Waals surface area contributed by atoms with Crippen LogP contribution in [0.15, 0.2) is 97.1 Å². The van der Waals surface area contributed by atoms with Gasteiger partial charge >= 0.3 is 0 Å². The minimum atomic E-state index is -0.296. The van der Waals surface area contributed by atoms with Gasteiger partial charge in [-0.15, -0.1) is 11.6 Å². The standard InChI is InChI=1S/C25H18ClNO2/c26-17-23-21(18-10-4-1-5-11-18)16-22(19-12-6-2-7-13-19)25(27(28)29)24(23)20-14-8-3-9-15-20/h1-16H,17H2. The SMILES string of the molecule is O=[N+]([O-])c1c(-c2ccccc2)cc(-c2ccccc2)c(CCl)c1-c1ccccc1. The van der Waals surface area contributed by atoms with Crippen molar-refractivity contribution < 1.29 is 4.92 Å². The molecule has 142 valence electrons. The lowest BCUT2D eigenvalue weighted by molar-refractivity contribution is -0.383. The van der Waals surface area contributed by atoms with Crippen molar-refractivity contribution in [3.05, 3.63) is 113 Å². The Labute approximate surface area is 174 Å². The smallest absolute Gasteiger partial charge is 0.258 e. The molecule has 0 aliphatic rings. The molecule has 0 aliphatic carbocycles. The summed E-state index contributed by atoms with van der Waals surface area (Å²) in [6.07, 6.45) is 0. The number of benzene rings is 4. The highest BCUT2D eigenvalue weighted by atomic mass is 35.5. The van der Waals surface area contributed by atoms with Crippen LogP contribution in [0.4, 0.5) is 5.69 Å². The van der Waals surface area contributed by atoms with E-state index in [1.807, 2.05) is 97.1 Å². The molecule has 0 bridgehead atoms. The fourth-order valence-electron chi connectivity index (χ4n) is 3.67. The second kappa shape index (κ2) is 8.29. The first-order valence-corrected chi connectivity index (χ1v) is 9.80. The van der Waals surface area contributed by atoms with E-state index in [0.29, 0.717) is 11.1 Å². The minimum Gasteiger partial charge on any atom is -0.258 e. The molecule has 0 aliphatic heterocycles. The number of rotatable bonds is 5. The Kier molecular flexibility index (Phi) is 5.41. The zero-order valence-electron chi connectivity index (χ0n) is 15.6. The molecule has 4 aromatic carbocycles. The lowest BCUT2D eigenvalue weighted by Gasteiger charge is -2.18. The summed E-state index contributed by atoms with van der Waals surface area (Å²) in [5.74, 6) is 0.171. The summed E-state index contributed by atoms with van der Waals surface area (Å²) in [5.41, 5.74) is 5.47. The number of hydrogen-bond acceptors (Lipinski definition) is 2. The van der Waals surface area contributed by atoms with Crippen LogP contribution in [0.25, 0.3) is 33.4 Å². The lowest BCUT2D eigenvalue weighted by atomic mass is 9.86. The van der Waals surface area contributed by atoms with E-state index >= 15 is 0 Å². The van der Waals surface area contributed by atoms with Crippen molar-refractivity contribution >= 4 is 17.3 Å². The van der Waals surface area contributed by atoms with Gasteiger partial charge in [0.25, 0.3) is 5.69 Å². The first-order valence-electron chi connectivity index (χ1n) is 9.27. The van der Waals surface area contributed by atoms with Crippen molar-refractivity contribution in [3.63, 3.8) is 0 Å². The second-order valence-electron chi connectivity index (χ2n) is 6.66. The van der Waals surface area contributed by atoms with Gasteiger partial charge in [-0.2, -0.15) is 0 Å². The Morgan fingerprint density at radius 2 is 1.14 bits per heavy atom. The Balaban J connectivity index is 2.16. The zero-order valence-corrected chi connectivity index (χ0v) is 16.3. The Bertz CT molecular complexity index is 1140. The van der Waals surface area contributed by atoms with Gasteiger partial charge in [0, 0.05) is 5.88 Å². The Morgan fingerprint density at radius 1 is 0.690 bits per heavy atom. The van der Waals surface area contributed by atoms with E-state index in [4.69, 9.17) is 11.6 Å². The molecule has 0 unspecified atom stereocenters. The van der Waals surface area contributed by atoms with Crippen LogP contribution in [0.2, 0.25) is 0 Å². The van der Waals surface area contributed by atoms with Crippen molar-refractivity contribution in [2.75, 3.05) is 0 Å². The van der Waals surface area contributed by atoms with Gasteiger partial charge in [-0.25, -0.2) is 0 Å². The number of halogens is 1. The molecule has 0 saturated heterocycles. The molecule has 0 aromatic heterocycles. The van der Waals surface area contributed by atoms with Crippen LogP contribution in [-0.4, -0.2) is 4.92 Å².